The lowest BCUT2D eigenvalue weighted by Gasteiger charge is -2.28. The Morgan fingerprint density at radius 1 is 1.31 bits per heavy atom. The van der Waals surface area contributed by atoms with Gasteiger partial charge in [0, 0.05) is 44.1 Å². The Morgan fingerprint density at radius 2 is 2.11 bits per heavy atom. The van der Waals surface area contributed by atoms with E-state index < -0.39 is 11.9 Å². The zero-order valence-corrected chi connectivity index (χ0v) is 20.6. The molecule has 2 aromatic heterocycles. The molecular weight excluding hydrogens is 475 g/mol. The van der Waals surface area contributed by atoms with Crippen molar-refractivity contribution in [2.24, 2.45) is 0 Å². The molecule has 0 aliphatic carbocycles. The highest BCUT2D eigenvalue weighted by Crippen LogP contribution is 2.36. The van der Waals surface area contributed by atoms with E-state index in [1.165, 1.54) is 12.3 Å². The fraction of sp³-hybridized carbons (Fsp3) is 0.500. The van der Waals surface area contributed by atoms with Crippen LogP contribution in [0.5, 0.6) is 0 Å². The molecule has 0 saturated carbocycles. The van der Waals surface area contributed by atoms with Crippen LogP contribution in [0.25, 0.3) is 22.3 Å². The second kappa shape index (κ2) is 9.33. The van der Waals surface area contributed by atoms with Gasteiger partial charge in [-0.3, -0.25) is 4.79 Å². The standard InChI is InChI=1S/C24H28ClFN6O3/c1-12(2)32-18-7-13(6-16(26)22(18)29-23(32)14-8-20(34)31(3)10-14)21-15(25)9-27-24(30-21)28-17-4-5-35-11-19(17)33/h6-7,9,12,14,17,19,33H,4-5,8,10-11H2,1-3H3,(H,27,28,30)/t14-,17-,19-/m1/s1. The average molecular weight is 503 g/mol. The number of amides is 1. The molecule has 5 rings (SSSR count). The van der Waals surface area contributed by atoms with E-state index in [9.17, 15) is 9.90 Å². The maximum atomic E-state index is 15.4. The molecule has 1 amide bonds. The number of hydrogen-bond acceptors (Lipinski definition) is 7. The van der Waals surface area contributed by atoms with Crippen molar-refractivity contribution in [2.45, 2.75) is 50.8 Å². The van der Waals surface area contributed by atoms with Crippen molar-refractivity contribution in [1.82, 2.24) is 24.4 Å². The summed E-state index contributed by atoms with van der Waals surface area (Å²) in [7, 11) is 1.77. The molecule has 0 radical (unpaired) electrons. The lowest BCUT2D eigenvalue weighted by atomic mass is 10.1. The van der Waals surface area contributed by atoms with Crippen LogP contribution in [0.1, 0.15) is 44.5 Å². The molecule has 1 aromatic carbocycles. The highest BCUT2D eigenvalue weighted by atomic mass is 35.5. The number of aliphatic hydroxyl groups excluding tert-OH is 1. The summed E-state index contributed by atoms with van der Waals surface area (Å²) in [6, 6.07) is 2.95. The number of aliphatic hydroxyl groups is 1. The molecule has 2 saturated heterocycles. The van der Waals surface area contributed by atoms with Crippen molar-refractivity contribution >= 4 is 34.5 Å². The Kier molecular flexibility index (Phi) is 6.37. The highest BCUT2D eigenvalue weighted by Gasteiger charge is 2.33. The number of hydrogen-bond donors (Lipinski definition) is 2. The summed E-state index contributed by atoms with van der Waals surface area (Å²) in [6.45, 7) is 5.34. The lowest BCUT2D eigenvalue weighted by molar-refractivity contribution is -0.126. The first-order chi connectivity index (χ1) is 16.7. The summed E-state index contributed by atoms with van der Waals surface area (Å²) in [5.41, 5.74) is 1.75. The number of aromatic nitrogens is 4. The summed E-state index contributed by atoms with van der Waals surface area (Å²) < 4.78 is 22.6. The van der Waals surface area contributed by atoms with Gasteiger partial charge in [-0.15, -0.1) is 0 Å². The number of likely N-dealkylation sites (tertiary alicyclic amines) is 1. The molecule has 0 spiro atoms. The molecule has 0 unspecified atom stereocenters. The topological polar surface area (TPSA) is 105 Å². The van der Waals surface area contributed by atoms with E-state index in [0.29, 0.717) is 54.5 Å². The van der Waals surface area contributed by atoms with E-state index in [-0.39, 0.29) is 41.1 Å². The zero-order valence-electron chi connectivity index (χ0n) is 19.8. The molecule has 2 fully saturated rings. The molecular formula is C24H28ClFN6O3. The molecule has 186 valence electrons. The number of imidazole rings is 1. The van der Waals surface area contributed by atoms with Crippen molar-refractivity contribution in [3.8, 4) is 11.3 Å². The normalized spacial score (nSPS) is 23.0. The van der Waals surface area contributed by atoms with Crippen molar-refractivity contribution in [2.75, 3.05) is 32.1 Å². The number of carbonyl (C=O) groups is 1. The van der Waals surface area contributed by atoms with Gasteiger partial charge in [-0.25, -0.2) is 19.3 Å². The second-order valence-electron chi connectivity index (χ2n) is 9.51. The van der Waals surface area contributed by atoms with Crippen LogP contribution in [0.15, 0.2) is 18.3 Å². The summed E-state index contributed by atoms with van der Waals surface area (Å²) in [6.07, 6.45) is 1.75. The van der Waals surface area contributed by atoms with Crippen molar-refractivity contribution < 1.29 is 19.0 Å². The van der Waals surface area contributed by atoms with Gasteiger partial charge in [0.2, 0.25) is 11.9 Å². The Hall–Kier alpha value is -2.82. The molecule has 11 heteroatoms. The number of carbonyl (C=O) groups excluding carboxylic acids is 1. The maximum Gasteiger partial charge on any atom is 0.223 e. The van der Waals surface area contributed by atoms with Gasteiger partial charge in [0.25, 0.3) is 0 Å². The highest BCUT2D eigenvalue weighted by molar-refractivity contribution is 6.33. The summed E-state index contributed by atoms with van der Waals surface area (Å²) in [4.78, 5) is 27.3. The zero-order chi connectivity index (χ0) is 24.9. The first-order valence-electron chi connectivity index (χ1n) is 11.7. The third-order valence-corrected chi connectivity index (χ3v) is 6.93. The Bertz CT molecular complexity index is 1280. The Morgan fingerprint density at radius 3 is 2.80 bits per heavy atom. The van der Waals surface area contributed by atoms with E-state index in [4.69, 9.17) is 16.3 Å². The van der Waals surface area contributed by atoms with Crippen LogP contribution in [0.3, 0.4) is 0 Å². The number of benzene rings is 1. The molecule has 9 nitrogen and oxygen atoms in total. The molecule has 2 aliphatic rings. The smallest absolute Gasteiger partial charge is 0.223 e. The number of nitrogens with zero attached hydrogens (tertiary/aromatic N) is 5. The van der Waals surface area contributed by atoms with Gasteiger partial charge in [-0.1, -0.05) is 11.6 Å². The Labute approximate surface area is 207 Å². The summed E-state index contributed by atoms with van der Waals surface area (Å²) in [5.74, 6) is 0.463. The van der Waals surface area contributed by atoms with Crippen LogP contribution in [0.4, 0.5) is 10.3 Å². The van der Waals surface area contributed by atoms with E-state index in [1.54, 1.807) is 11.9 Å². The number of anilines is 1. The molecule has 2 N–H and O–H groups in total. The van der Waals surface area contributed by atoms with Crippen LogP contribution in [0, 0.1) is 5.82 Å². The van der Waals surface area contributed by atoms with E-state index in [0.717, 1.165) is 0 Å². The predicted molar refractivity (Wildman–Crippen MR) is 130 cm³/mol. The Balaban J connectivity index is 1.56. The second-order valence-corrected chi connectivity index (χ2v) is 9.91. The quantitative estimate of drug-likeness (QED) is 0.551. The molecule has 3 aromatic rings. The van der Waals surface area contributed by atoms with E-state index in [2.05, 4.69) is 20.3 Å². The minimum Gasteiger partial charge on any atom is -0.389 e. The predicted octanol–water partition coefficient (Wildman–Crippen LogP) is 3.37. The number of ether oxygens (including phenoxy) is 1. The van der Waals surface area contributed by atoms with Crippen LogP contribution in [0.2, 0.25) is 5.02 Å². The molecule has 3 atom stereocenters. The van der Waals surface area contributed by atoms with Gasteiger partial charge < -0.3 is 24.6 Å². The largest absolute Gasteiger partial charge is 0.389 e. The monoisotopic (exact) mass is 502 g/mol. The molecule has 35 heavy (non-hydrogen) atoms. The average Bonchev–Trinajstić information content (AvgIpc) is 3.37. The molecule has 2 aliphatic heterocycles. The third kappa shape index (κ3) is 4.46. The minimum atomic E-state index is -0.680. The van der Waals surface area contributed by atoms with Crippen LogP contribution in [-0.4, -0.2) is 74.4 Å². The maximum absolute atomic E-state index is 15.4. The van der Waals surface area contributed by atoms with Crippen LogP contribution >= 0.6 is 11.6 Å². The van der Waals surface area contributed by atoms with Gasteiger partial charge in [0.05, 0.1) is 41.2 Å². The van der Waals surface area contributed by atoms with Crippen molar-refractivity contribution in [3.05, 3.63) is 35.0 Å². The fourth-order valence-corrected chi connectivity index (χ4v) is 5.07. The lowest BCUT2D eigenvalue weighted by Crippen LogP contribution is -2.42. The third-order valence-electron chi connectivity index (χ3n) is 6.66. The van der Waals surface area contributed by atoms with E-state index in [1.807, 2.05) is 24.5 Å². The van der Waals surface area contributed by atoms with Gasteiger partial charge >= 0.3 is 0 Å². The van der Waals surface area contributed by atoms with Gasteiger partial charge in [0.1, 0.15) is 11.3 Å². The SMILES string of the molecule is CC(C)n1c([C@@H]2CC(=O)N(C)C2)nc2c(F)cc(-c3nc(N[C@@H]4CCOC[C@H]4O)ncc3Cl)cc21. The van der Waals surface area contributed by atoms with Crippen molar-refractivity contribution in [1.29, 1.82) is 0 Å². The summed E-state index contributed by atoms with van der Waals surface area (Å²) in [5, 5.41) is 13.6. The number of rotatable bonds is 5. The number of nitrogens with one attached hydrogen (secondary N) is 1. The van der Waals surface area contributed by atoms with Gasteiger partial charge in [-0.05, 0) is 32.4 Å². The van der Waals surface area contributed by atoms with Crippen LogP contribution in [-0.2, 0) is 9.53 Å². The van der Waals surface area contributed by atoms with Crippen LogP contribution < -0.4 is 5.32 Å². The van der Waals surface area contributed by atoms with Gasteiger partial charge in [-0.2, -0.15) is 0 Å². The first-order valence-corrected chi connectivity index (χ1v) is 12.1. The molecule has 4 heterocycles. The first kappa shape index (κ1) is 23.9. The molecule has 0 bridgehead atoms. The van der Waals surface area contributed by atoms with E-state index >= 15 is 4.39 Å². The van der Waals surface area contributed by atoms with Crippen molar-refractivity contribution in [3.63, 3.8) is 0 Å². The summed E-state index contributed by atoms with van der Waals surface area (Å²) >= 11 is 6.44. The van der Waals surface area contributed by atoms with Gasteiger partial charge in [0.15, 0.2) is 5.82 Å². The number of likely N-dealkylation sites (N-methyl/N-ethyl adjacent to an activating group) is 1. The number of fused-ring (bicyclic) bond motifs is 1. The minimum absolute atomic E-state index is 0.00114. The fourth-order valence-electron chi connectivity index (χ4n) is 4.87. The number of halogens is 2.